The monoisotopic (exact) mass is 765 g/mol. The first kappa shape index (κ1) is 44.4. The van der Waals surface area contributed by atoms with Crippen molar-refractivity contribution in [3.8, 4) is 0 Å². The fourth-order valence-corrected chi connectivity index (χ4v) is 10.2. The molecular formula is C47H88N8. The minimum Gasteiger partial charge on any atom is -0.354 e. The lowest BCUT2D eigenvalue weighted by Gasteiger charge is -2.37. The Kier molecular flexibility index (Phi) is 22.5. The first-order chi connectivity index (χ1) is 27.3. The molecule has 0 amide bonds. The average Bonchev–Trinajstić information content (AvgIpc) is 3.24. The quantitative estimate of drug-likeness (QED) is 0.0728. The van der Waals surface area contributed by atoms with Gasteiger partial charge < -0.3 is 25.8 Å². The summed E-state index contributed by atoms with van der Waals surface area (Å²) in [5.74, 6) is 2.73. The predicted octanol–water partition coefficient (Wildman–Crippen LogP) is 11.9. The Morgan fingerprint density at radius 3 is 1.25 bits per heavy atom. The molecule has 1 heterocycles. The van der Waals surface area contributed by atoms with Gasteiger partial charge in [0.25, 0.3) is 0 Å². The molecule has 4 aliphatic rings. The van der Waals surface area contributed by atoms with Crippen LogP contribution in [0, 0.1) is 0 Å². The predicted molar refractivity (Wildman–Crippen MR) is 237 cm³/mol. The van der Waals surface area contributed by atoms with Crippen molar-refractivity contribution in [2.75, 3.05) is 47.8 Å². The van der Waals surface area contributed by atoms with Crippen LogP contribution in [0.25, 0.3) is 0 Å². The Morgan fingerprint density at radius 2 is 0.800 bits per heavy atom. The molecule has 5 rings (SSSR count). The van der Waals surface area contributed by atoms with Crippen molar-refractivity contribution in [1.29, 1.82) is 0 Å². The Bertz CT molecular complexity index is 1000. The van der Waals surface area contributed by atoms with Crippen molar-refractivity contribution in [1.82, 2.24) is 25.6 Å². The molecule has 1 aromatic heterocycles. The summed E-state index contributed by atoms with van der Waals surface area (Å²) < 4.78 is 0. The molecule has 3 N–H and O–H groups in total. The minimum absolute atomic E-state index is 0.550. The van der Waals surface area contributed by atoms with Crippen LogP contribution in [0.2, 0.25) is 0 Å². The Labute approximate surface area is 339 Å². The van der Waals surface area contributed by atoms with E-state index in [2.05, 4.69) is 32.7 Å². The lowest BCUT2D eigenvalue weighted by atomic mass is 9.94. The van der Waals surface area contributed by atoms with E-state index >= 15 is 0 Å². The number of hydrogen-bond acceptors (Lipinski definition) is 8. The van der Waals surface area contributed by atoms with Crippen LogP contribution in [0.5, 0.6) is 0 Å². The van der Waals surface area contributed by atoms with E-state index in [4.69, 9.17) is 15.0 Å². The molecule has 8 heteroatoms. The van der Waals surface area contributed by atoms with Gasteiger partial charge in [0.05, 0.1) is 0 Å². The van der Waals surface area contributed by atoms with Crippen LogP contribution in [-0.2, 0) is 0 Å². The molecule has 55 heavy (non-hydrogen) atoms. The summed E-state index contributed by atoms with van der Waals surface area (Å²) in [5.41, 5.74) is 0. The van der Waals surface area contributed by atoms with Crippen LogP contribution in [0.1, 0.15) is 225 Å². The summed E-state index contributed by atoms with van der Waals surface area (Å²) in [6.07, 6.45) is 45.3. The molecule has 0 spiro atoms. The molecule has 0 bridgehead atoms. The molecule has 8 nitrogen and oxygen atoms in total. The van der Waals surface area contributed by atoms with E-state index < -0.39 is 0 Å². The zero-order chi connectivity index (χ0) is 38.0. The number of hydrogen-bond donors (Lipinski definition) is 3. The number of rotatable bonds is 28. The van der Waals surface area contributed by atoms with Crippen LogP contribution in [0.3, 0.4) is 0 Å². The number of unbranched alkanes of at least 4 members (excludes halogenated alkanes) is 11. The topological polar surface area (TPSA) is 81.2 Å². The molecule has 0 aromatic carbocycles. The SMILES string of the molecule is CCCCCCCCNc1nc(N(CCCCCCNC2CCCCC2)C2CCCCC2)nc(N(CCCCCCNC2CCCCC2)C2CCCCC2)n1. The zero-order valence-corrected chi connectivity index (χ0v) is 36.1. The van der Waals surface area contributed by atoms with Gasteiger partial charge in [-0.15, -0.1) is 0 Å². The van der Waals surface area contributed by atoms with Gasteiger partial charge in [0.1, 0.15) is 0 Å². The van der Waals surface area contributed by atoms with E-state index in [9.17, 15) is 0 Å². The summed E-state index contributed by atoms with van der Waals surface area (Å²) in [6.45, 7) is 7.77. The zero-order valence-electron chi connectivity index (χ0n) is 36.1. The second-order valence-electron chi connectivity index (χ2n) is 18.3. The van der Waals surface area contributed by atoms with Gasteiger partial charge in [-0.3, -0.25) is 0 Å². The van der Waals surface area contributed by atoms with Gasteiger partial charge in [-0.05, 0) is 96.6 Å². The van der Waals surface area contributed by atoms with Gasteiger partial charge in [0, 0.05) is 43.8 Å². The Morgan fingerprint density at radius 1 is 0.418 bits per heavy atom. The summed E-state index contributed by atoms with van der Waals surface area (Å²) >= 11 is 0. The fourth-order valence-electron chi connectivity index (χ4n) is 10.2. The largest absolute Gasteiger partial charge is 0.354 e. The van der Waals surface area contributed by atoms with Gasteiger partial charge in [-0.1, -0.05) is 142 Å². The van der Waals surface area contributed by atoms with Crippen molar-refractivity contribution >= 4 is 17.8 Å². The smallest absolute Gasteiger partial charge is 0.232 e. The maximum atomic E-state index is 5.49. The molecule has 4 saturated carbocycles. The molecule has 0 aliphatic heterocycles. The molecule has 1 aromatic rings. The third kappa shape index (κ3) is 17.4. The van der Waals surface area contributed by atoms with E-state index in [1.54, 1.807) is 0 Å². The van der Waals surface area contributed by atoms with E-state index in [1.165, 1.54) is 231 Å². The molecule has 0 radical (unpaired) electrons. The fraction of sp³-hybridized carbons (Fsp3) is 0.936. The highest BCUT2D eigenvalue weighted by atomic mass is 15.4. The van der Waals surface area contributed by atoms with Crippen molar-refractivity contribution in [2.24, 2.45) is 0 Å². The van der Waals surface area contributed by atoms with E-state index in [0.29, 0.717) is 12.1 Å². The lowest BCUT2D eigenvalue weighted by molar-refractivity contribution is 0.369. The number of nitrogens with zero attached hydrogens (tertiary/aromatic N) is 5. The summed E-state index contributed by atoms with van der Waals surface area (Å²) in [6, 6.07) is 2.65. The first-order valence-corrected chi connectivity index (χ1v) is 24.8. The normalized spacial score (nSPS) is 19.5. The maximum absolute atomic E-state index is 5.49. The molecule has 4 fully saturated rings. The third-order valence-corrected chi connectivity index (χ3v) is 13.7. The van der Waals surface area contributed by atoms with Gasteiger partial charge in [-0.2, -0.15) is 15.0 Å². The lowest BCUT2D eigenvalue weighted by Crippen LogP contribution is -2.41. The highest BCUT2D eigenvalue weighted by molar-refractivity contribution is 5.46. The molecule has 0 unspecified atom stereocenters. The first-order valence-electron chi connectivity index (χ1n) is 24.8. The van der Waals surface area contributed by atoms with Gasteiger partial charge >= 0.3 is 0 Å². The molecule has 0 saturated heterocycles. The second-order valence-corrected chi connectivity index (χ2v) is 18.3. The highest BCUT2D eigenvalue weighted by Crippen LogP contribution is 2.31. The summed E-state index contributed by atoms with van der Waals surface area (Å²) in [7, 11) is 0. The number of nitrogens with one attached hydrogen (secondary N) is 3. The van der Waals surface area contributed by atoms with Crippen molar-refractivity contribution in [3.63, 3.8) is 0 Å². The van der Waals surface area contributed by atoms with Gasteiger partial charge in [0.15, 0.2) is 0 Å². The number of anilines is 3. The Hall–Kier alpha value is -1.67. The number of aromatic nitrogens is 3. The molecular weight excluding hydrogens is 677 g/mol. The standard InChI is InChI=1S/C47H88N8/c1-2-3-4-5-6-25-38-50-45-51-46(54(43-32-19-13-20-33-43)39-26-9-7-23-36-48-41-28-15-11-16-29-41)53-47(52-45)55(44-34-21-14-22-35-44)40-27-10-8-24-37-49-42-30-17-12-18-31-42/h41-44,48-49H,2-40H2,1H3,(H,50,51,52,53). The van der Waals surface area contributed by atoms with E-state index in [0.717, 1.165) is 49.6 Å². The van der Waals surface area contributed by atoms with Crippen LogP contribution < -0.4 is 25.8 Å². The maximum Gasteiger partial charge on any atom is 0.232 e. The highest BCUT2D eigenvalue weighted by Gasteiger charge is 2.28. The van der Waals surface area contributed by atoms with Crippen LogP contribution >= 0.6 is 0 Å². The van der Waals surface area contributed by atoms with E-state index in [-0.39, 0.29) is 0 Å². The van der Waals surface area contributed by atoms with Gasteiger partial charge in [0.2, 0.25) is 17.8 Å². The van der Waals surface area contributed by atoms with Crippen LogP contribution in [0.4, 0.5) is 17.8 Å². The Balaban J connectivity index is 1.23. The second kappa shape index (κ2) is 27.9. The van der Waals surface area contributed by atoms with Gasteiger partial charge in [-0.25, -0.2) is 0 Å². The third-order valence-electron chi connectivity index (χ3n) is 13.7. The van der Waals surface area contributed by atoms with Crippen LogP contribution in [0.15, 0.2) is 0 Å². The minimum atomic E-state index is 0.550. The molecule has 316 valence electrons. The summed E-state index contributed by atoms with van der Waals surface area (Å²) in [4.78, 5) is 21.4. The van der Waals surface area contributed by atoms with Crippen molar-refractivity contribution < 1.29 is 0 Å². The van der Waals surface area contributed by atoms with E-state index in [1.807, 2.05) is 0 Å². The van der Waals surface area contributed by atoms with Crippen LogP contribution in [-0.4, -0.2) is 71.8 Å². The van der Waals surface area contributed by atoms with Crippen molar-refractivity contribution in [2.45, 2.75) is 249 Å². The molecule has 4 aliphatic carbocycles. The summed E-state index contributed by atoms with van der Waals surface area (Å²) in [5, 5.41) is 11.5. The molecule has 0 atom stereocenters. The average molecular weight is 765 g/mol. The van der Waals surface area contributed by atoms with Crippen molar-refractivity contribution in [3.05, 3.63) is 0 Å².